The Kier molecular flexibility index (Phi) is 6.02. The van der Waals surface area contributed by atoms with Gasteiger partial charge in [0.25, 0.3) is 5.91 Å². The van der Waals surface area contributed by atoms with Crippen molar-refractivity contribution in [3.8, 4) is 0 Å². The SMILES string of the molecule is CC(c1ccc(C(F)(F)F)nc1)S(C)(=O)=NC(=S)NC(=O)C1CC=CO1. The van der Waals surface area contributed by atoms with Crippen LogP contribution in [0.3, 0.4) is 0 Å². The van der Waals surface area contributed by atoms with E-state index in [9.17, 15) is 22.2 Å². The average Bonchev–Trinajstić information content (AvgIpc) is 3.07. The Morgan fingerprint density at radius 3 is 2.69 bits per heavy atom. The third-order valence-corrected chi connectivity index (χ3v) is 6.12. The first-order valence-corrected chi connectivity index (χ1v) is 9.79. The molecule has 11 heteroatoms. The van der Waals surface area contributed by atoms with Crippen LogP contribution in [0.2, 0.25) is 0 Å². The molecule has 142 valence electrons. The fourth-order valence-electron chi connectivity index (χ4n) is 2.07. The summed E-state index contributed by atoms with van der Waals surface area (Å²) in [7, 11) is -2.99. The van der Waals surface area contributed by atoms with Crippen molar-refractivity contribution in [3.05, 3.63) is 41.9 Å². The van der Waals surface area contributed by atoms with Gasteiger partial charge in [0.2, 0.25) is 5.11 Å². The van der Waals surface area contributed by atoms with E-state index in [0.29, 0.717) is 12.0 Å². The molecule has 1 aliphatic heterocycles. The van der Waals surface area contributed by atoms with Crippen LogP contribution in [0.1, 0.15) is 29.9 Å². The number of thiocarbonyl (C=S) groups is 1. The number of amides is 1. The predicted molar refractivity (Wildman–Crippen MR) is 93.5 cm³/mol. The lowest BCUT2D eigenvalue weighted by Gasteiger charge is -2.16. The second-order valence-corrected chi connectivity index (χ2v) is 8.59. The van der Waals surface area contributed by atoms with E-state index in [1.807, 2.05) is 0 Å². The first-order chi connectivity index (χ1) is 12.0. The van der Waals surface area contributed by atoms with Gasteiger partial charge in [-0.1, -0.05) is 6.07 Å². The van der Waals surface area contributed by atoms with Crippen molar-refractivity contribution < 1.29 is 26.9 Å². The minimum Gasteiger partial charge on any atom is -0.488 e. The van der Waals surface area contributed by atoms with Crippen molar-refractivity contribution in [2.45, 2.75) is 30.9 Å². The van der Waals surface area contributed by atoms with Gasteiger partial charge in [0, 0.05) is 18.9 Å². The molecule has 0 radical (unpaired) electrons. The molecule has 1 N–H and O–H groups in total. The number of carbonyl (C=O) groups is 1. The molecule has 1 aliphatic rings. The number of nitrogens with one attached hydrogen (secondary N) is 1. The molecule has 1 aromatic rings. The first-order valence-electron chi connectivity index (χ1n) is 7.40. The largest absolute Gasteiger partial charge is 0.488 e. The van der Waals surface area contributed by atoms with Crippen LogP contribution in [-0.2, 0) is 25.4 Å². The molecule has 0 saturated heterocycles. The summed E-state index contributed by atoms with van der Waals surface area (Å²) >= 11 is 4.93. The smallest absolute Gasteiger partial charge is 0.433 e. The highest BCUT2D eigenvalue weighted by atomic mass is 32.2. The molecule has 0 bridgehead atoms. The van der Waals surface area contributed by atoms with Crippen LogP contribution in [0.5, 0.6) is 0 Å². The number of hydrogen-bond donors (Lipinski definition) is 1. The van der Waals surface area contributed by atoms with Gasteiger partial charge in [0.15, 0.2) is 6.10 Å². The second kappa shape index (κ2) is 7.70. The van der Waals surface area contributed by atoms with Crippen LogP contribution in [0.4, 0.5) is 13.2 Å². The van der Waals surface area contributed by atoms with Gasteiger partial charge < -0.3 is 4.74 Å². The van der Waals surface area contributed by atoms with Crippen molar-refractivity contribution in [2.24, 2.45) is 4.36 Å². The molecule has 0 aliphatic carbocycles. The summed E-state index contributed by atoms with van der Waals surface area (Å²) in [4.78, 5) is 15.2. The molecule has 2 heterocycles. The first kappa shape index (κ1) is 20.3. The fraction of sp³-hybridized carbons (Fsp3) is 0.400. The monoisotopic (exact) mass is 407 g/mol. The minimum atomic E-state index is -4.55. The normalized spacial score (nSPS) is 20.0. The van der Waals surface area contributed by atoms with Crippen molar-refractivity contribution >= 4 is 33.0 Å². The van der Waals surface area contributed by atoms with E-state index in [-0.39, 0.29) is 5.11 Å². The van der Waals surface area contributed by atoms with Crippen LogP contribution < -0.4 is 5.32 Å². The minimum absolute atomic E-state index is 0.273. The lowest BCUT2D eigenvalue weighted by atomic mass is 10.2. The van der Waals surface area contributed by atoms with Crippen LogP contribution in [0, 0.1) is 0 Å². The van der Waals surface area contributed by atoms with Crippen molar-refractivity contribution in [1.82, 2.24) is 10.3 Å². The number of alkyl halides is 3. The Hall–Kier alpha value is -2.01. The number of aromatic nitrogens is 1. The zero-order valence-corrected chi connectivity index (χ0v) is 15.5. The Morgan fingerprint density at radius 1 is 1.50 bits per heavy atom. The summed E-state index contributed by atoms with van der Waals surface area (Å²) in [6, 6.07) is 2.00. The van der Waals surface area contributed by atoms with Gasteiger partial charge in [-0.25, -0.2) is 4.21 Å². The lowest BCUT2D eigenvalue weighted by Crippen LogP contribution is -2.37. The predicted octanol–water partition coefficient (Wildman–Crippen LogP) is 2.96. The van der Waals surface area contributed by atoms with E-state index in [0.717, 1.165) is 12.3 Å². The summed E-state index contributed by atoms with van der Waals surface area (Å²) in [5.41, 5.74) is -0.729. The third-order valence-electron chi connectivity index (χ3n) is 3.68. The van der Waals surface area contributed by atoms with Crippen LogP contribution in [0.25, 0.3) is 0 Å². The van der Waals surface area contributed by atoms with Gasteiger partial charge in [0.1, 0.15) is 5.69 Å². The van der Waals surface area contributed by atoms with Gasteiger partial charge in [-0.05, 0) is 36.8 Å². The van der Waals surface area contributed by atoms with Gasteiger partial charge in [-0.15, -0.1) is 0 Å². The molecule has 26 heavy (non-hydrogen) atoms. The number of ether oxygens (including phenoxy) is 1. The highest BCUT2D eigenvalue weighted by Crippen LogP contribution is 2.29. The molecule has 0 saturated carbocycles. The number of halogens is 3. The molecule has 1 amide bonds. The molecule has 0 aromatic carbocycles. The summed E-state index contributed by atoms with van der Waals surface area (Å²) in [6.07, 6.45) is 0.507. The number of nitrogens with zero attached hydrogens (tertiary/aromatic N) is 2. The molecular formula is C15H16F3N3O3S2. The highest BCUT2D eigenvalue weighted by Gasteiger charge is 2.32. The summed E-state index contributed by atoms with van der Waals surface area (Å²) in [5.74, 6) is -0.511. The molecule has 6 nitrogen and oxygen atoms in total. The number of rotatable bonds is 3. The maximum absolute atomic E-state index is 12.8. The van der Waals surface area contributed by atoms with E-state index in [1.54, 1.807) is 6.08 Å². The molecular weight excluding hydrogens is 391 g/mol. The second-order valence-electron chi connectivity index (χ2n) is 5.60. The third kappa shape index (κ3) is 5.01. The van der Waals surface area contributed by atoms with Gasteiger partial charge in [0.05, 0.1) is 21.2 Å². The maximum atomic E-state index is 12.8. The van der Waals surface area contributed by atoms with Gasteiger partial charge in [-0.2, -0.15) is 17.5 Å². The van der Waals surface area contributed by atoms with E-state index in [1.165, 1.54) is 25.5 Å². The molecule has 0 fully saturated rings. The zero-order valence-electron chi connectivity index (χ0n) is 13.8. The van der Waals surface area contributed by atoms with Crippen molar-refractivity contribution in [1.29, 1.82) is 0 Å². The van der Waals surface area contributed by atoms with Gasteiger partial charge >= 0.3 is 6.18 Å². The van der Waals surface area contributed by atoms with E-state index >= 15 is 0 Å². The maximum Gasteiger partial charge on any atom is 0.433 e. The Morgan fingerprint density at radius 2 is 2.19 bits per heavy atom. The zero-order chi connectivity index (χ0) is 19.5. The molecule has 3 unspecified atom stereocenters. The van der Waals surface area contributed by atoms with E-state index in [2.05, 4.69) is 14.7 Å². The molecule has 1 aromatic heterocycles. The summed E-state index contributed by atoms with van der Waals surface area (Å²) < 4.78 is 59.4. The number of hydrogen-bond acceptors (Lipinski definition) is 5. The van der Waals surface area contributed by atoms with Crippen LogP contribution in [-0.4, -0.2) is 32.6 Å². The Balaban J connectivity index is 2.11. The van der Waals surface area contributed by atoms with Gasteiger partial charge in [-0.3, -0.25) is 15.1 Å². The molecule has 2 rings (SSSR count). The van der Waals surface area contributed by atoms with E-state index < -0.39 is 38.9 Å². The topological polar surface area (TPSA) is 80.7 Å². The fourth-order valence-corrected chi connectivity index (χ4v) is 3.79. The molecule has 0 spiro atoms. The van der Waals surface area contributed by atoms with E-state index in [4.69, 9.17) is 17.0 Å². The standard InChI is InChI=1S/C15H16F3N3O3S2/c1-9(10-5-6-12(19-8-10)15(16,17)18)26(2,23)21-14(25)20-13(22)11-4-3-7-24-11/h3,5-9,11H,4H2,1-2H3,(H,20,22,25). The lowest BCUT2D eigenvalue weighted by molar-refractivity contribution is -0.141. The van der Waals surface area contributed by atoms with Crippen LogP contribution in [0.15, 0.2) is 35.0 Å². The highest BCUT2D eigenvalue weighted by molar-refractivity contribution is 7.94. The van der Waals surface area contributed by atoms with Crippen molar-refractivity contribution in [3.63, 3.8) is 0 Å². The number of pyridine rings is 1. The van der Waals surface area contributed by atoms with Crippen LogP contribution >= 0.6 is 12.2 Å². The molecule has 3 atom stereocenters. The Labute approximate surface area is 154 Å². The summed E-state index contributed by atoms with van der Waals surface area (Å²) in [5, 5.41) is 1.30. The number of carbonyl (C=O) groups excluding carboxylic acids is 1. The quantitative estimate of drug-likeness (QED) is 0.780. The van der Waals surface area contributed by atoms with Crippen molar-refractivity contribution in [2.75, 3.05) is 6.26 Å². The summed E-state index contributed by atoms with van der Waals surface area (Å²) in [6.45, 7) is 1.53. The Bertz CT molecular complexity index is 836. The average molecular weight is 407 g/mol.